The summed E-state index contributed by atoms with van der Waals surface area (Å²) in [6, 6.07) is 5.05. The Morgan fingerprint density at radius 3 is 2.64 bits per heavy atom. The minimum absolute atomic E-state index is 0.0247. The van der Waals surface area contributed by atoms with E-state index in [1.54, 1.807) is 6.92 Å². The zero-order valence-electron chi connectivity index (χ0n) is 18.1. The summed E-state index contributed by atoms with van der Waals surface area (Å²) in [5.41, 5.74) is 5.49. The first-order chi connectivity index (χ1) is 15.5. The fourth-order valence-corrected chi connectivity index (χ4v) is 5.06. The van der Waals surface area contributed by atoms with Crippen LogP contribution in [-0.4, -0.2) is 21.8 Å². The van der Waals surface area contributed by atoms with Crippen LogP contribution in [0, 0.1) is 24.5 Å². The number of pyridine rings is 2. The fourth-order valence-electron chi connectivity index (χ4n) is 5.06. The summed E-state index contributed by atoms with van der Waals surface area (Å²) in [5.74, 6) is -8.30. The lowest BCUT2D eigenvalue weighted by atomic mass is 9.66. The van der Waals surface area contributed by atoms with E-state index in [2.05, 4.69) is 9.97 Å². The van der Waals surface area contributed by atoms with Crippen LogP contribution in [0.5, 0.6) is 0 Å². The van der Waals surface area contributed by atoms with Crippen LogP contribution in [-0.2, 0) is 0 Å². The Balaban J connectivity index is 1.91. The maximum atomic E-state index is 15.0. The van der Waals surface area contributed by atoms with E-state index in [4.69, 9.17) is 5.73 Å². The van der Waals surface area contributed by atoms with Gasteiger partial charge in [-0.3, -0.25) is 14.6 Å². The highest BCUT2D eigenvalue weighted by atomic mass is 19.3. The Hall–Kier alpha value is -3.23. The number of aromatic nitrogens is 2. The number of benzene rings is 1. The van der Waals surface area contributed by atoms with E-state index >= 15 is 8.78 Å². The first-order valence-corrected chi connectivity index (χ1v) is 10.7. The number of nitrogens with two attached hydrogens (primary N) is 1. The van der Waals surface area contributed by atoms with Gasteiger partial charge in [0.1, 0.15) is 5.69 Å². The van der Waals surface area contributed by atoms with Gasteiger partial charge in [-0.25, -0.2) is 17.6 Å². The average Bonchev–Trinajstić information content (AvgIpc) is 2.76. The first-order valence-electron chi connectivity index (χ1n) is 10.7. The molecule has 2 heterocycles. The van der Waals surface area contributed by atoms with Gasteiger partial charge in [0.05, 0.1) is 10.9 Å². The molecule has 0 saturated heterocycles. The van der Waals surface area contributed by atoms with Crippen LogP contribution >= 0.6 is 0 Å². The lowest BCUT2D eigenvalue weighted by molar-refractivity contribution is -0.0984. The van der Waals surface area contributed by atoms with Gasteiger partial charge < -0.3 is 10.7 Å². The van der Waals surface area contributed by atoms with E-state index in [1.807, 2.05) is 0 Å². The summed E-state index contributed by atoms with van der Waals surface area (Å²) in [6.07, 6.45) is 0.995. The van der Waals surface area contributed by atoms with E-state index in [0.717, 1.165) is 6.07 Å². The highest BCUT2D eigenvalue weighted by Gasteiger charge is 2.49. The number of primary amides is 1. The predicted molar refractivity (Wildman–Crippen MR) is 115 cm³/mol. The Morgan fingerprint density at radius 1 is 1.24 bits per heavy atom. The van der Waals surface area contributed by atoms with Crippen molar-refractivity contribution in [3.05, 3.63) is 74.8 Å². The SMILES string of the molecule is CCC1CC(c2ccc(F)c(F)c2C)C(c2cc(=O)c3c(C(N)=O)nccc3[nH]2)CC1(F)F. The highest BCUT2D eigenvalue weighted by molar-refractivity contribution is 6.03. The molecule has 1 fully saturated rings. The van der Waals surface area contributed by atoms with Crippen molar-refractivity contribution >= 4 is 16.8 Å². The normalized spacial score (nSPS) is 22.4. The van der Waals surface area contributed by atoms with Crippen LogP contribution in [0.1, 0.15) is 65.3 Å². The average molecular weight is 461 g/mol. The summed E-state index contributed by atoms with van der Waals surface area (Å²) < 4.78 is 58.2. The first kappa shape index (κ1) is 22.9. The molecule has 1 aliphatic rings. The number of rotatable bonds is 4. The standard InChI is InChI=1S/C24H23F4N3O2/c1-3-12-8-14(13-4-5-16(25)21(26)11(13)2)15(10-24(12,27)28)18-9-19(32)20-17(31-18)6-7-30-22(20)23(29)33/h4-7,9,12,14-15H,3,8,10H2,1-2H3,(H2,29,33)(H,31,32). The zero-order chi connectivity index (χ0) is 24.1. The molecule has 0 bridgehead atoms. The monoisotopic (exact) mass is 461 g/mol. The summed E-state index contributed by atoms with van der Waals surface area (Å²) >= 11 is 0. The quantitative estimate of drug-likeness (QED) is 0.540. The van der Waals surface area contributed by atoms with Gasteiger partial charge in [0.25, 0.3) is 11.8 Å². The Morgan fingerprint density at radius 2 is 1.97 bits per heavy atom. The molecule has 3 N–H and O–H groups in total. The summed E-state index contributed by atoms with van der Waals surface area (Å²) in [4.78, 5) is 31.4. The van der Waals surface area contributed by atoms with Crippen molar-refractivity contribution in [1.29, 1.82) is 0 Å². The van der Waals surface area contributed by atoms with Gasteiger partial charge in [0.2, 0.25) is 0 Å². The predicted octanol–water partition coefficient (Wildman–Crippen LogP) is 4.93. The number of nitrogens with one attached hydrogen (secondary N) is 1. The van der Waals surface area contributed by atoms with E-state index in [0.29, 0.717) is 5.56 Å². The fraction of sp³-hybridized carbons (Fsp3) is 0.375. The van der Waals surface area contributed by atoms with Gasteiger partial charge in [-0.1, -0.05) is 13.0 Å². The number of H-pyrrole nitrogens is 1. The number of carbonyl (C=O) groups excluding carboxylic acids is 1. The van der Waals surface area contributed by atoms with Gasteiger partial charge in [0.15, 0.2) is 17.1 Å². The van der Waals surface area contributed by atoms with Crippen LogP contribution in [0.15, 0.2) is 35.3 Å². The van der Waals surface area contributed by atoms with E-state index in [-0.39, 0.29) is 40.7 Å². The molecule has 0 radical (unpaired) electrons. The Kier molecular flexibility index (Phi) is 5.76. The topological polar surface area (TPSA) is 88.8 Å². The van der Waals surface area contributed by atoms with Gasteiger partial charge in [-0.2, -0.15) is 0 Å². The molecule has 0 spiro atoms. The van der Waals surface area contributed by atoms with Crippen molar-refractivity contribution in [2.45, 2.75) is 50.9 Å². The number of hydrogen-bond donors (Lipinski definition) is 2. The van der Waals surface area contributed by atoms with E-state index in [9.17, 15) is 18.4 Å². The smallest absolute Gasteiger partial charge is 0.268 e. The number of halogens is 4. The van der Waals surface area contributed by atoms with Gasteiger partial charge in [-0.05, 0) is 48.9 Å². The molecular formula is C24H23F4N3O2. The second kappa shape index (κ2) is 8.28. The largest absolute Gasteiger partial charge is 0.364 e. The molecule has 33 heavy (non-hydrogen) atoms. The summed E-state index contributed by atoms with van der Waals surface area (Å²) in [6.45, 7) is 3.09. The lowest BCUT2D eigenvalue weighted by Gasteiger charge is -2.42. The second-order valence-electron chi connectivity index (χ2n) is 8.63. The number of hydrogen-bond acceptors (Lipinski definition) is 3. The molecule has 174 valence electrons. The van der Waals surface area contributed by atoms with Crippen LogP contribution in [0.3, 0.4) is 0 Å². The highest BCUT2D eigenvalue weighted by Crippen LogP contribution is 2.53. The maximum Gasteiger partial charge on any atom is 0.268 e. The minimum Gasteiger partial charge on any atom is -0.364 e. The van der Waals surface area contributed by atoms with E-state index < -0.39 is 53.1 Å². The second-order valence-corrected chi connectivity index (χ2v) is 8.63. The number of alkyl halides is 2. The third-order valence-corrected chi connectivity index (χ3v) is 6.78. The van der Waals surface area contributed by atoms with Crippen molar-refractivity contribution in [3.63, 3.8) is 0 Å². The summed E-state index contributed by atoms with van der Waals surface area (Å²) in [5, 5.41) is -0.0247. The molecule has 1 aliphatic carbocycles. The molecule has 1 saturated carbocycles. The molecule has 4 rings (SSSR count). The van der Waals surface area contributed by atoms with Gasteiger partial charge in [-0.15, -0.1) is 0 Å². The molecule has 1 aromatic carbocycles. The number of aromatic amines is 1. The number of amides is 1. The van der Waals surface area contributed by atoms with Crippen LogP contribution in [0.4, 0.5) is 17.6 Å². The van der Waals surface area contributed by atoms with Crippen LogP contribution < -0.4 is 11.2 Å². The lowest BCUT2D eigenvalue weighted by Crippen LogP contribution is -2.39. The molecule has 0 aliphatic heterocycles. The molecule has 3 aromatic rings. The van der Waals surface area contributed by atoms with Gasteiger partial charge >= 0.3 is 0 Å². The Labute approximate surface area is 187 Å². The third-order valence-electron chi connectivity index (χ3n) is 6.78. The Bertz CT molecular complexity index is 1300. The molecule has 3 unspecified atom stereocenters. The minimum atomic E-state index is -3.01. The molecule has 9 heteroatoms. The molecular weight excluding hydrogens is 438 g/mol. The van der Waals surface area contributed by atoms with Gasteiger partial charge in [0, 0.05) is 36.2 Å². The number of carbonyl (C=O) groups is 1. The summed E-state index contributed by atoms with van der Waals surface area (Å²) in [7, 11) is 0. The van der Waals surface area contributed by atoms with Crippen molar-refractivity contribution in [1.82, 2.24) is 9.97 Å². The third kappa shape index (κ3) is 3.89. The van der Waals surface area contributed by atoms with Crippen LogP contribution in [0.2, 0.25) is 0 Å². The molecule has 1 amide bonds. The van der Waals surface area contributed by atoms with Crippen molar-refractivity contribution in [3.8, 4) is 0 Å². The molecule has 5 nitrogen and oxygen atoms in total. The zero-order valence-corrected chi connectivity index (χ0v) is 18.1. The number of nitrogens with zero attached hydrogens (tertiary/aromatic N) is 1. The van der Waals surface area contributed by atoms with E-state index in [1.165, 1.54) is 31.3 Å². The van der Waals surface area contributed by atoms with Crippen LogP contribution in [0.25, 0.3) is 10.9 Å². The van der Waals surface area contributed by atoms with Crippen molar-refractivity contribution in [2.24, 2.45) is 11.7 Å². The molecule has 3 atom stereocenters. The van der Waals surface area contributed by atoms with Crippen molar-refractivity contribution in [2.75, 3.05) is 0 Å². The number of fused-ring (bicyclic) bond motifs is 1. The van der Waals surface area contributed by atoms with Crippen molar-refractivity contribution < 1.29 is 22.4 Å². The molecule has 2 aromatic heterocycles. The maximum absolute atomic E-state index is 15.0.